The summed E-state index contributed by atoms with van der Waals surface area (Å²) in [5.41, 5.74) is 6.28. The maximum Gasteiger partial charge on any atom is 0.225 e. The van der Waals surface area contributed by atoms with Crippen molar-refractivity contribution in [3.63, 3.8) is 0 Å². The molecule has 4 nitrogen and oxygen atoms in total. The molecule has 1 amide bonds. The summed E-state index contributed by atoms with van der Waals surface area (Å²) in [6.45, 7) is 1.57. The molecule has 0 radical (unpaired) electrons. The van der Waals surface area contributed by atoms with Gasteiger partial charge in [0.2, 0.25) is 5.91 Å². The number of aldehydes is 1. The van der Waals surface area contributed by atoms with Gasteiger partial charge < -0.3 is 15.6 Å². The van der Waals surface area contributed by atoms with Crippen LogP contribution in [0.2, 0.25) is 0 Å². The summed E-state index contributed by atoms with van der Waals surface area (Å²) in [5.74, 6) is -2.27. The molecule has 0 spiro atoms. The fourth-order valence-corrected chi connectivity index (χ4v) is 2.73. The van der Waals surface area contributed by atoms with Crippen molar-refractivity contribution in [1.29, 1.82) is 0 Å². The maximum atomic E-state index is 11.9. The van der Waals surface area contributed by atoms with Crippen LogP contribution in [-0.2, 0) is 9.59 Å². The Morgan fingerprint density at radius 2 is 1.90 bits per heavy atom. The summed E-state index contributed by atoms with van der Waals surface area (Å²) in [7, 11) is 0. The largest absolute Gasteiger partial charge is 0.396 e. The second-order valence-electron chi connectivity index (χ2n) is 5.32. The van der Waals surface area contributed by atoms with E-state index >= 15 is 0 Å². The lowest BCUT2D eigenvalue weighted by Gasteiger charge is -2.25. The van der Waals surface area contributed by atoms with Crippen LogP contribution in [0.3, 0.4) is 0 Å². The zero-order valence-electron chi connectivity index (χ0n) is 11.9. The fourth-order valence-electron chi connectivity index (χ4n) is 2.73. The van der Waals surface area contributed by atoms with Gasteiger partial charge in [-0.1, -0.05) is 49.4 Å². The van der Waals surface area contributed by atoms with Crippen molar-refractivity contribution in [1.82, 2.24) is 0 Å². The average molecular weight is 285 g/mol. The first-order valence-corrected chi connectivity index (χ1v) is 6.93. The third kappa shape index (κ3) is 2.95. The van der Waals surface area contributed by atoms with Gasteiger partial charge in [-0.15, -0.1) is 0 Å². The van der Waals surface area contributed by atoms with Crippen LogP contribution in [0.1, 0.15) is 18.4 Å². The molecular formula is C17H19NO3. The second kappa shape index (κ2) is 6.50. The third-order valence-electron chi connectivity index (χ3n) is 3.95. The first-order chi connectivity index (χ1) is 10.1. The third-order valence-corrected chi connectivity index (χ3v) is 3.95. The Morgan fingerprint density at radius 3 is 2.52 bits per heavy atom. The van der Waals surface area contributed by atoms with Crippen LogP contribution in [0.25, 0.3) is 10.8 Å². The molecule has 0 aliphatic heterocycles. The Morgan fingerprint density at radius 1 is 1.24 bits per heavy atom. The molecule has 0 saturated carbocycles. The number of fused-ring (bicyclic) bond motifs is 1. The van der Waals surface area contributed by atoms with E-state index in [0.29, 0.717) is 0 Å². The number of nitrogens with two attached hydrogens (primary N) is 1. The van der Waals surface area contributed by atoms with Gasteiger partial charge in [-0.2, -0.15) is 0 Å². The molecule has 3 atom stereocenters. The Kier molecular flexibility index (Phi) is 4.70. The minimum Gasteiger partial charge on any atom is -0.396 e. The van der Waals surface area contributed by atoms with Gasteiger partial charge in [0.05, 0.1) is 5.92 Å². The molecule has 0 saturated heterocycles. The smallest absolute Gasteiger partial charge is 0.225 e. The van der Waals surface area contributed by atoms with E-state index in [9.17, 15) is 14.7 Å². The number of primary amides is 1. The number of hydrogen-bond donors (Lipinski definition) is 2. The predicted molar refractivity (Wildman–Crippen MR) is 81.7 cm³/mol. The molecule has 0 aromatic heterocycles. The molecule has 2 aromatic carbocycles. The first kappa shape index (κ1) is 15.2. The van der Waals surface area contributed by atoms with Crippen molar-refractivity contribution in [3.8, 4) is 0 Å². The predicted octanol–water partition coefficient (Wildman–Crippen LogP) is 1.85. The van der Waals surface area contributed by atoms with Crippen molar-refractivity contribution in [2.24, 2.45) is 17.6 Å². The Labute approximate surface area is 123 Å². The van der Waals surface area contributed by atoms with Gasteiger partial charge in [0.25, 0.3) is 0 Å². The molecule has 3 unspecified atom stereocenters. The van der Waals surface area contributed by atoms with Gasteiger partial charge >= 0.3 is 0 Å². The van der Waals surface area contributed by atoms with Crippen LogP contribution in [0.4, 0.5) is 0 Å². The van der Waals surface area contributed by atoms with Gasteiger partial charge in [0.1, 0.15) is 6.29 Å². The van der Waals surface area contributed by atoms with Crippen LogP contribution in [-0.4, -0.2) is 23.9 Å². The summed E-state index contributed by atoms with van der Waals surface area (Å²) >= 11 is 0. The van der Waals surface area contributed by atoms with E-state index in [1.165, 1.54) is 0 Å². The highest BCUT2D eigenvalue weighted by atomic mass is 16.3. The van der Waals surface area contributed by atoms with E-state index in [1.54, 1.807) is 6.92 Å². The minimum atomic E-state index is -0.740. The summed E-state index contributed by atoms with van der Waals surface area (Å²) in [5, 5.41) is 11.2. The number of aliphatic hydroxyl groups is 1. The monoisotopic (exact) mass is 285 g/mol. The number of hydrogen-bond acceptors (Lipinski definition) is 3. The number of amides is 1. The highest BCUT2D eigenvalue weighted by Crippen LogP contribution is 2.33. The highest BCUT2D eigenvalue weighted by molar-refractivity contribution is 5.94. The van der Waals surface area contributed by atoms with Gasteiger partial charge in [-0.05, 0) is 22.3 Å². The van der Waals surface area contributed by atoms with Crippen LogP contribution in [0, 0.1) is 11.8 Å². The van der Waals surface area contributed by atoms with Gasteiger partial charge in [0.15, 0.2) is 0 Å². The molecule has 0 fully saturated rings. The molecule has 0 aliphatic carbocycles. The molecular weight excluding hydrogens is 266 g/mol. The summed E-state index contributed by atoms with van der Waals surface area (Å²) in [4.78, 5) is 23.4. The average Bonchev–Trinajstić information content (AvgIpc) is 2.51. The number of rotatable bonds is 6. The van der Waals surface area contributed by atoms with Crippen LogP contribution in [0.5, 0.6) is 0 Å². The number of carbonyl (C=O) groups is 2. The van der Waals surface area contributed by atoms with Crippen molar-refractivity contribution in [3.05, 3.63) is 48.0 Å². The summed E-state index contributed by atoms with van der Waals surface area (Å²) in [6, 6.07) is 13.3. The lowest BCUT2D eigenvalue weighted by atomic mass is 9.78. The Hall–Kier alpha value is -2.20. The molecule has 0 aliphatic rings. The summed E-state index contributed by atoms with van der Waals surface area (Å²) < 4.78 is 0. The van der Waals surface area contributed by atoms with E-state index in [4.69, 9.17) is 5.73 Å². The fraction of sp³-hybridized carbons (Fsp3) is 0.294. The first-order valence-electron chi connectivity index (χ1n) is 6.93. The van der Waals surface area contributed by atoms with Gasteiger partial charge in [-0.25, -0.2) is 0 Å². The highest BCUT2D eigenvalue weighted by Gasteiger charge is 2.32. The lowest BCUT2D eigenvalue weighted by molar-refractivity contribution is -0.125. The van der Waals surface area contributed by atoms with Crippen LogP contribution < -0.4 is 5.73 Å². The van der Waals surface area contributed by atoms with E-state index in [2.05, 4.69) is 0 Å². The number of aliphatic hydroxyl groups excluding tert-OH is 1. The second-order valence-corrected chi connectivity index (χ2v) is 5.32. The molecule has 21 heavy (non-hydrogen) atoms. The standard InChI is InChI=1S/C17H19NO3/c1-11(9-19)15(10-20)16(17(18)21)14-8-4-6-12-5-2-3-7-13(12)14/h2-8,10-11,15-16,19H,9H2,1H3,(H2,18,21). The Bertz CT molecular complexity index is 648. The molecule has 0 heterocycles. The maximum absolute atomic E-state index is 11.9. The van der Waals surface area contributed by atoms with E-state index in [-0.39, 0.29) is 12.5 Å². The lowest BCUT2D eigenvalue weighted by Crippen LogP contribution is -2.33. The molecule has 3 N–H and O–H groups in total. The topological polar surface area (TPSA) is 80.4 Å². The zero-order chi connectivity index (χ0) is 15.4. The van der Waals surface area contributed by atoms with Crippen molar-refractivity contribution in [2.75, 3.05) is 6.61 Å². The molecule has 2 aromatic rings. The van der Waals surface area contributed by atoms with Gasteiger partial charge in [-0.3, -0.25) is 4.79 Å². The molecule has 110 valence electrons. The quantitative estimate of drug-likeness (QED) is 0.795. The number of carbonyl (C=O) groups excluding carboxylic acids is 2. The SMILES string of the molecule is CC(CO)C(C=O)C(C(N)=O)c1cccc2ccccc12. The van der Waals surface area contributed by atoms with E-state index in [1.807, 2.05) is 42.5 Å². The minimum absolute atomic E-state index is 0.169. The Balaban J connectivity index is 2.60. The molecule has 2 rings (SSSR count). The zero-order valence-corrected chi connectivity index (χ0v) is 11.9. The number of benzene rings is 2. The van der Waals surface area contributed by atoms with E-state index in [0.717, 1.165) is 22.6 Å². The molecule has 0 bridgehead atoms. The normalized spacial score (nSPS) is 15.3. The van der Waals surface area contributed by atoms with Gasteiger partial charge in [0, 0.05) is 12.5 Å². The molecule has 4 heteroatoms. The summed E-state index contributed by atoms with van der Waals surface area (Å²) in [6.07, 6.45) is 0.720. The van der Waals surface area contributed by atoms with E-state index < -0.39 is 17.7 Å². The van der Waals surface area contributed by atoms with Crippen LogP contribution in [0.15, 0.2) is 42.5 Å². The van der Waals surface area contributed by atoms with Crippen LogP contribution >= 0.6 is 0 Å². The van der Waals surface area contributed by atoms with Crippen molar-refractivity contribution >= 4 is 23.0 Å². The van der Waals surface area contributed by atoms with Crippen molar-refractivity contribution < 1.29 is 14.7 Å². The van der Waals surface area contributed by atoms with Crippen molar-refractivity contribution in [2.45, 2.75) is 12.8 Å².